The lowest BCUT2D eigenvalue weighted by molar-refractivity contribution is 0.415. The monoisotopic (exact) mass is 288 g/mol. The van der Waals surface area contributed by atoms with Crippen LogP contribution in [0.4, 0.5) is 0 Å². The lowest BCUT2D eigenvalue weighted by Gasteiger charge is -2.09. The SMILES string of the molecule is CCCCCCn1nnc(CN)c1-c1cccc(OC)c1. The highest BCUT2D eigenvalue weighted by molar-refractivity contribution is 5.63. The summed E-state index contributed by atoms with van der Waals surface area (Å²) in [6.45, 7) is 3.48. The number of benzene rings is 1. The molecule has 1 aromatic heterocycles. The molecule has 0 saturated heterocycles. The molecule has 114 valence electrons. The van der Waals surface area contributed by atoms with Crippen LogP contribution >= 0.6 is 0 Å². The number of aromatic nitrogens is 3. The van der Waals surface area contributed by atoms with Gasteiger partial charge in [0.05, 0.1) is 12.8 Å². The summed E-state index contributed by atoms with van der Waals surface area (Å²) in [5.74, 6) is 0.828. The molecule has 2 N–H and O–H groups in total. The van der Waals surface area contributed by atoms with Gasteiger partial charge < -0.3 is 10.5 Å². The Kier molecular flexibility index (Phi) is 5.75. The minimum Gasteiger partial charge on any atom is -0.497 e. The van der Waals surface area contributed by atoms with Crippen LogP contribution in [0, 0.1) is 0 Å². The molecule has 5 heteroatoms. The van der Waals surface area contributed by atoms with Gasteiger partial charge in [-0.2, -0.15) is 0 Å². The van der Waals surface area contributed by atoms with Crippen LogP contribution in [0.15, 0.2) is 24.3 Å². The van der Waals surface area contributed by atoms with Crippen LogP contribution in [0.25, 0.3) is 11.3 Å². The van der Waals surface area contributed by atoms with E-state index in [1.54, 1.807) is 7.11 Å². The van der Waals surface area contributed by atoms with Gasteiger partial charge in [0.2, 0.25) is 0 Å². The molecule has 0 amide bonds. The van der Waals surface area contributed by atoms with Gasteiger partial charge in [-0.1, -0.05) is 43.5 Å². The molecule has 2 rings (SSSR count). The molecule has 0 atom stereocenters. The first-order valence-electron chi connectivity index (χ1n) is 7.57. The molecule has 0 saturated carbocycles. The molecular formula is C16H24N4O. The first kappa shape index (κ1) is 15.5. The first-order valence-corrected chi connectivity index (χ1v) is 7.57. The standard InChI is InChI=1S/C16H24N4O/c1-3-4-5-6-10-20-16(15(12-17)18-19-20)13-8-7-9-14(11-13)21-2/h7-9,11H,3-6,10,12,17H2,1-2H3. The number of nitrogens with zero attached hydrogens (tertiary/aromatic N) is 3. The molecule has 0 aliphatic heterocycles. The maximum absolute atomic E-state index is 5.80. The Morgan fingerprint density at radius 3 is 2.81 bits per heavy atom. The van der Waals surface area contributed by atoms with E-state index < -0.39 is 0 Å². The summed E-state index contributed by atoms with van der Waals surface area (Å²) in [4.78, 5) is 0. The van der Waals surface area contributed by atoms with E-state index >= 15 is 0 Å². The lowest BCUT2D eigenvalue weighted by Crippen LogP contribution is -2.05. The van der Waals surface area contributed by atoms with E-state index in [9.17, 15) is 0 Å². The van der Waals surface area contributed by atoms with Gasteiger partial charge in [-0.15, -0.1) is 5.10 Å². The van der Waals surface area contributed by atoms with E-state index in [2.05, 4.69) is 17.2 Å². The Morgan fingerprint density at radius 2 is 2.10 bits per heavy atom. The summed E-state index contributed by atoms with van der Waals surface area (Å²) >= 11 is 0. The molecule has 1 aromatic carbocycles. The quantitative estimate of drug-likeness (QED) is 0.758. The second kappa shape index (κ2) is 7.78. The highest BCUT2D eigenvalue weighted by Crippen LogP contribution is 2.26. The number of aryl methyl sites for hydroxylation is 1. The third-order valence-electron chi connectivity index (χ3n) is 3.56. The normalized spacial score (nSPS) is 10.8. The maximum Gasteiger partial charge on any atom is 0.119 e. The predicted octanol–water partition coefficient (Wildman–Crippen LogP) is 2.99. The molecule has 0 unspecified atom stereocenters. The molecule has 0 radical (unpaired) electrons. The van der Waals surface area contributed by atoms with Gasteiger partial charge in [0.15, 0.2) is 0 Å². The van der Waals surface area contributed by atoms with E-state index in [4.69, 9.17) is 10.5 Å². The summed E-state index contributed by atoms with van der Waals surface area (Å²) < 4.78 is 7.26. The van der Waals surface area contributed by atoms with Crippen molar-refractivity contribution in [3.63, 3.8) is 0 Å². The smallest absolute Gasteiger partial charge is 0.119 e. The molecule has 2 aromatic rings. The number of unbranched alkanes of at least 4 members (excludes halogenated alkanes) is 3. The first-order chi connectivity index (χ1) is 10.3. The van der Waals surface area contributed by atoms with Gasteiger partial charge in [-0.05, 0) is 18.6 Å². The highest BCUT2D eigenvalue weighted by atomic mass is 16.5. The van der Waals surface area contributed by atoms with Gasteiger partial charge in [-0.3, -0.25) is 0 Å². The molecule has 0 spiro atoms. The van der Waals surface area contributed by atoms with Gasteiger partial charge in [0.1, 0.15) is 11.4 Å². The average molecular weight is 288 g/mol. The molecule has 0 fully saturated rings. The fourth-order valence-corrected chi connectivity index (χ4v) is 2.42. The number of methoxy groups -OCH3 is 1. The Hall–Kier alpha value is -1.88. The number of rotatable bonds is 8. The van der Waals surface area contributed by atoms with Gasteiger partial charge in [0, 0.05) is 18.7 Å². The van der Waals surface area contributed by atoms with Gasteiger partial charge in [0.25, 0.3) is 0 Å². The maximum atomic E-state index is 5.80. The van der Waals surface area contributed by atoms with Crippen molar-refractivity contribution >= 4 is 0 Å². The summed E-state index contributed by atoms with van der Waals surface area (Å²) in [6.07, 6.45) is 4.81. The summed E-state index contributed by atoms with van der Waals surface area (Å²) in [6, 6.07) is 7.95. The van der Waals surface area contributed by atoms with Crippen LogP contribution in [-0.2, 0) is 13.1 Å². The molecular weight excluding hydrogens is 264 g/mol. The van der Waals surface area contributed by atoms with Crippen LogP contribution in [0.5, 0.6) is 5.75 Å². The minimum absolute atomic E-state index is 0.390. The molecule has 0 aliphatic rings. The fourth-order valence-electron chi connectivity index (χ4n) is 2.42. The second-order valence-electron chi connectivity index (χ2n) is 5.10. The Balaban J connectivity index is 2.25. The van der Waals surface area contributed by atoms with Crippen molar-refractivity contribution in [3.05, 3.63) is 30.0 Å². The fraction of sp³-hybridized carbons (Fsp3) is 0.500. The summed E-state index contributed by atoms with van der Waals surface area (Å²) in [7, 11) is 1.67. The summed E-state index contributed by atoms with van der Waals surface area (Å²) in [5.41, 5.74) is 8.69. The number of ether oxygens (including phenoxy) is 1. The van der Waals surface area contributed by atoms with Crippen LogP contribution in [0.3, 0.4) is 0 Å². The largest absolute Gasteiger partial charge is 0.497 e. The van der Waals surface area contributed by atoms with Crippen molar-refractivity contribution in [2.45, 2.75) is 45.7 Å². The Bertz CT molecular complexity index is 565. The zero-order valence-corrected chi connectivity index (χ0v) is 12.9. The molecule has 21 heavy (non-hydrogen) atoms. The van der Waals surface area contributed by atoms with Crippen molar-refractivity contribution in [3.8, 4) is 17.0 Å². The van der Waals surface area contributed by atoms with Crippen molar-refractivity contribution in [2.75, 3.05) is 7.11 Å². The number of hydrogen-bond acceptors (Lipinski definition) is 4. The molecule has 0 bridgehead atoms. The van der Waals surface area contributed by atoms with Crippen molar-refractivity contribution in [1.29, 1.82) is 0 Å². The summed E-state index contributed by atoms with van der Waals surface area (Å²) in [5, 5.41) is 8.47. The van der Waals surface area contributed by atoms with Crippen LogP contribution in [-0.4, -0.2) is 22.1 Å². The zero-order valence-electron chi connectivity index (χ0n) is 12.9. The van der Waals surface area contributed by atoms with Crippen molar-refractivity contribution in [1.82, 2.24) is 15.0 Å². The van der Waals surface area contributed by atoms with E-state index in [1.807, 2.05) is 28.9 Å². The highest BCUT2D eigenvalue weighted by Gasteiger charge is 2.14. The van der Waals surface area contributed by atoms with Gasteiger partial charge in [-0.25, -0.2) is 4.68 Å². The van der Waals surface area contributed by atoms with Crippen LogP contribution in [0.2, 0.25) is 0 Å². The third kappa shape index (κ3) is 3.82. The predicted molar refractivity (Wildman–Crippen MR) is 84.0 cm³/mol. The minimum atomic E-state index is 0.390. The number of nitrogens with two attached hydrogens (primary N) is 1. The number of hydrogen-bond donors (Lipinski definition) is 1. The van der Waals surface area contributed by atoms with Crippen LogP contribution < -0.4 is 10.5 Å². The van der Waals surface area contributed by atoms with E-state index in [-0.39, 0.29) is 0 Å². The van der Waals surface area contributed by atoms with Crippen molar-refractivity contribution < 1.29 is 4.74 Å². The van der Waals surface area contributed by atoms with Crippen molar-refractivity contribution in [2.24, 2.45) is 5.73 Å². The Labute approximate surface area is 126 Å². The van der Waals surface area contributed by atoms with E-state index in [1.165, 1.54) is 19.3 Å². The van der Waals surface area contributed by atoms with Crippen LogP contribution in [0.1, 0.15) is 38.3 Å². The van der Waals surface area contributed by atoms with E-state index in [0.29, 0.717) is 6.54 Å². The topological polar surface area (TPSA) is 66.0 Å². The Morgan fingerprint density at radius 1 is 1.24 bits per heavy atom. The second-order valence-corrected chi connectivity index (χ2v) is 5.10. The molecule has 1 heterocycles. The molecule has 5 nitrogen and oxygen atoms in total. The zero-order chi connectivity index (χ0) is 15.1. The lowest BCUT2D eigenvalue weighted by atomic mass is 10.1. The average Bonchev–Trinajstić information content (AvgIpc) is 2.94. The third-order valence-corrected chi connectivity index (χ3v) is 3.56. The van der Waals surface area contributed by atoms with E-state index in [0.717, 1.165) is 35.7 Å². The van der Waals surface area contributed by atoms with Gasteiger partial charge >= 0.3 is 0 Å². The molecule has 0 aliphatic carbocycles.